The molecule has 2 amide bonds. The summed E-state index contributed by atoms with van der Waals surface area (Å²) in [5.74, 6) is -0.635. The Kier molecular flexibility index (Phi) is 4.15. The van der Waals surface area contributed by atoms with Crippen LogP contribution in [0.25, 0.3) is 0 Å². The van der Waals surface area contributed by atoms with E-state index in [9.17, 15) is 9.59 Å². The van der Waals surface area contributed by atoms with Gasteiger partial charge >= 0.3 is 0 Å². The molecule has 0 spiro atoms. The average Bonchev–Trinajstić information content (AvgIpc) is 2.41. The smallest absolute Gasteiger partial charge is 0.255 e. The fourth-order valence-electron chi connectivity index (χ4n) is 1.88. The lowest BCUT2D eigenvalue weighted by atomic mass is 10.1. The topological polar surface area (TPSA) is 72.2 Å². The Morgan fingerprint density at radius 3 is 2.35 bits per heavy atom. The standard InChI is InChI=1S/C16H16N2O2/c1-11-6-8-12(9-7-11)16(20)18-14-5-3-2-4-13(14)10-15(17)19/h2-9H,10H2,1H3,(H2,17,19)(H,18,20). The van der Waals surface area contributed by atoms with Gasteiger partial charge in [0.05, 0.1) is 6.42 Å². The van der Waals surface area contributed by atoms with E-state index in [1.165, 1.54) is 0 Å². The van der Waals surface area contributed by atoms with Gasteiger partial charge in [-0.15, -0.1) is 0 Å². The zero-order valence-corrected chi connectivity index (χ0v) is 11.2. The number of carbonyl (C=O) groups excluding carboxylic acids is 2. The van der Waals surface area contributed by atoms with Crippen molar-refractivity contribution in [2.45, 2.75) is 13.3 Å². The van der Waals surface area contributed by atoms with Crippen LogP contribution in [0.3, 0.4) is 0 Å². The highest BCUT2D eigenvalue weighted by atomic mass is 16.2. The zero-order chi connectivity index (χ0) is 14.5. The number of rotatable bonds is 4. The molecule has 0 heterocycles. The maximum Gasteiger partial charge on any atom is 0.255 e. The second-order valence-electron chi connectivity index (χ2n) is 4.62. The molecule has 20 heavy (non-hydrogen) atoms. The largest absolute Gasteiger partial charge is 0.369 e. The van der Waals surface area contributed by atoms with E-state index >= 15 is 0 Å². The second-order valence-corrected chi connectivity index (χ2v) is 4.62. The van der Waals surface area contributed by atoms with E-state index in [1.54, 1.807) is 36.4 Å². The van der Waals surface area contributed by atoms with E-state index in [0.717, 1.165) is 5.56 Å². The first kappa shape index (κ1) is 13.8. The van der Waals surface area contributed by atoms with Crippen molar-refractivity contribution in [3.63, 3.8) is 0 Å². The van der Waals surface area contributed by atoms with Gasteiger partial charge < -0.3 is 11.1 Å². The van der Waals surface area contributed by atoms with Crippen LogP contribution in [0.15, 0.2) is 48.5 Å². The van der Waals surface area contributed by atoms with E-state index in [1.807, 2.05) is 19.1 Å². The molecular formula is C16H16N2O2. The van der Waals surface area contributed by atoms with Crippen molar-refractivity contribution in [3.8, 4) is 0 Å². The fraction of sp³-hybridized carbons (Fsp3) is 0.125. The monoisotopic (exact) mass is 268 g/mol. The number of anilines is 1. The molecule has 0 aliphatic carbocycles. The Morgan fingerprint density at radius 1 is 1.05 bits per heavy atom. The Labute approximate surface area is 117 Å². The molecule has 4 nitrogen and oxygen atoms in total. The lowest BCUT2D eigenvalue weighted by Crippen LogP contribution is -2.17. The molecule has 102 valence electrons. The molecule has 2 rings (SSSR count). The number of primary amides is 1. The Morgan fingerprint density at radius 2 is 1.70 bits per heavy atom. The number of carbonyl (C=O) groups is 2. The number of hydrogen-bond acceptors (Lipinski definition) is 2. The Balaban J connectivity index is 2.19. The minimum atomic E-state index is -0.429. The number of benzene rings is 2. The van der Waals surface area contributed by atoms with E-state index in [4.69, 9.17) is 5.73 Å². The van der Waals surface area contributed by atoms with E-state index in [-0.39, 0.29) is 12.3 Å². The third-order valence-electron chi connectivity index (χ3n) is 2.94. The maximum absolute atomic E-state index is 12.1. The van der Waals surface area contributed by atoms with Gasteiger partial charge in [-0.25, -0.2) is 0 Å². The predicted octanol–water partition coefficient (Wildman–Crippen LogP) is 2.28. The highest BCUT2D eigenvalue weighted by Crippen LogP contribution is 2.17. The van der Waals surface area contributed by atoms with Crippen LogP contribution in [0.5, 0.6) is 0 Å². The number of para-hydroxylation sites is 1. The molecule has 0 radical (unpaired) electrons. The number of nitrogens with one attached hydrogen (secondary N) is 1. The van der Waals surface area contributed by atoms with Crippen LogP contribution in [0, 0.1) is 6.92 Å². The molecule has 0 bridgehead atoms. The first-order valence-corrected chi connectivity index (χ1v) is 6.30. The van der Waals surface area contributed by atoms with Crippen molar-refractivity contribution in [2.24, 2.45) is 5.73 Å². The minimum absolute atomic E-state index is 0.102. The summed E-state index contributed by atoms with van der Waals surface area (Å²) in [6.07, 6.45) is 0.102. The van der Waals surface area contributed by atoms with Crippen molar-refractivity contribution < 1.29 is 9.59 Å². The number of amides is 2. The molecule has 3 N–H and O–H groups in total. The van der Waals surface area contributed by atoms with Crippen LogP contribution < -0.4 is 11.1 Å². The highest BCUT2D eigenvalue weighted by Gasteiger charge is 2.10. The summed E-state index contributed by atoms with van der Waals surface area (Å²) in [5.41, 5.74) is 8.18. The summed E-state index contributed by atoms with van der Waals surface area (Å²) in [6, 6.07) is 14.4. The maximum atomic E-state index is 12.1. The quantitative estimate of drug-likeness (QED) is 0.892. The molecule has 0 atom stereocenters. The lowest BCUT2D eigenvalue weighted by Gasteiger charge is -2.10. The van der Waals surface area contributed by atoms with E-state index in [0.29, 0.717) is 16.8 Å². The van der Waals surface area contributed by atoms with Crippen LogP contribution in [0.1, 0.15) is 21.5 Å². The van der Waals surface area contributed by atoms with Crippen LogP contribution in [0.2, 0.25) is 0 Å². The van der Waals surface area contributed by atoms with Crippen molar-refractivity contribution in [3.05, 3.63) is 65.2 Å². The van der Waals surface area contributed by atoms with Crippen molar-refractivity contribution in [1.29, 1.82) is 0 Å². The number of aryl methyl sites for hydroxylation is 1. The first-order chi connectivity index (χ1) is 9.56. The predicted molar refractivity (Wildman–Crippen MR) is 78.5 cm³/mol. The summed E-state index contributed by atoms with van der Waals surface area (Å²) < 4.78 is 0. The van der Waals surface area contributed by atoms with E-state index < -0.39 is 5.91 Å². The SMILES string of the molecule is Cc1ccc(C(=O)Nc2ccccc2CC(N)=O)cc1. The summed E-state index contributed by atoms with van der Waals surface area (Å²) >= 11 is 0. The van der Waals surface area contributed by atoms with Crippen LogP contribution in [0.4, 0.5) is 5.69 Å². The summed E-state index contributed by atoms with van der Waals surface area (Å²) in [6.45, 7) is 1.96. The van der Waals surface area contributed by atoms with Gasteiger partial charge in [-0.05, 0) is 30.7 Å². The van der Waals surface area contributed by atoms with Crippen LogP contribution >= 0.6 is 0 Å². The van der Waals surface area contributed by atoms with Crippen molar-refractivity contribution in [2.75, 3.05) is 5.32 Å². The summed E-state index contributed by atoms with van der Waals surface area (Å²) in [7, 11) is 0. The van der Waals surface area contributed by atoms with Gasteiger partial charge in [0.15, 0.2) is 0 Å². The molecular weight excluding hydrogens is 252 g/mol. The molecule has 0 aromatic heterocycles. The molecule has 0 saturated heterocycles. The van der Waals surface area contributed by atoms with Gasteiger partial charge in [-0.2, -0.15) is 0 Å². The van der Waals surface area contributed by atoms with Crippen molar-refractivity contribution in [1.82, 2.24) is 0 Å². The van der Waals surface area contributed by atoms with E-state index in [2.05, 4.69) is 5.32 Å². The molecule has 2 aromatic carbocycles. The van der Waals surface area contributed by atoms with Crippen molar-refractivity contribution >= 4 is 17.5 Å². The number of nitrogens with two attached hydrogens (primary N) is 1. The third-order valence-corrected chi connectivity index (χ3v) is 2.94. The molecule has 0 aliphatic rings. The first-order valence-electron chi connectivity index (χ1n) is 6.30. The summed E-state index contributed by atoms with van der Waals surface area (Å²) in [4.78, 5) is 23.2. The second kappa shape index (κ2) is 6.02. The van der Waals surface area contributed by atoms with Gasteiger partial charge in [-0.1, -0.05) is 35.9 Å². The molecule has 0 aliphatic heterocycles. The minimum Gasteiger partial charge on any atom is -0.369 e. The normalized spacial score (nSPS) is 10.1. The molecule has 0 saturated carbocycles. The van der Waals surface area contributed by atoms with Gasteiger partial charge in [-0.3, -0.25) is 9.59 Å². The van der Waals surface area contributed by atoms with Gasteiger partial charge in [0.1, 0.15) is 0 Å². The van der Waals surface area contributed by atoms with Crippen LogP contribution in [-0.2, 0) is 11.2 Å². The third kappa shape index (κ3) is 3.45. The molecule has 4 heteroatoms. The van der Waals surface area contributed by atoms with Gasteiger partial charge in [0.2, 0.25) is 5.91 Å². The van der Waals surface area contributed by atoms with Gasteiger partial charge in [0.25, 0.3) is 5.91 Å². The summed E-state index contributed by atoms with van der Waals surface area (Å²) in [5, 5.41) is 2.80. The number of hydrogen-bond donors (Lipinski definition) is 2. The molecule has 0 fully saturated rings. The Hall–Kier alpha value is -2.62. The lowest BCUT2D eigenvalue weighted by molar-refractivity contribution is -0.117. The average molecular weight is 268 g/mol. The molecule has 2 aromatic rings. The zero-order valence-electron chi connectivity index (χ0n) is 11.2. The highest BCUT2D eigenvalue weighted by molar-refractivity contribution is 6.04. The van der Waals surface area contributed by atoms with Crippen LogP contribution in [-0.4, -0.2) is 11.8 Å². The molecule has 0 unspecified atom stereocenters. The Bertz CT molecular complexity index is 633. The fourth-order valence-corrected chi connectivity index (χ4v) is 1.88. The van der Waals surface area contributed by atoms with Gasteiger partial charge in [0, 0.05) is 11.3 Å².